The van der Waals surface area contributed by atoms with E-state index in [-0.39, 0.29) is 5.75 Å². The summed E-state index contributed by atoms with van der Waals surface area (Å²) in [6, 6.07) is 10.1. The predicted octanol–water partition coefficient (Wildman–Crippen LogP) is 2.39. The van der Waals surface area contributed by atoms with Crippen LogP contribution in [0, 0.1) is 13.8 Å². The molecule has 2 rings (SSSR count). The normalized spacial score (nSPS) is 10.4. The summed E-state index contributed by atoms with van der Waals surface area (Å²) in [4.78, 5) is 8.54. The molecule has 3 heteroatoms. The van der Waals surface area contributed by atoms with Gasteiger partial charge in [-0.25, -0.2) is 9.97 Å². The fraction of sp³-hybridized carbons (Fsp3) is 0.231. The smallest absolute Gasteiger partial charge is 0.158 e. The second-order valence-corrected chi connectivity index (χ2v) is 3.82. The summed E-state index contributed by atoms with van der Waals surface area (Å²) < 4.78 is 0. The molecular weight excluding hydrogens is 200 g/mol. The molecule has 0 unspecified atom stereocenters. The minimum Gasteiger partial charge on any atom is -0.504 e. The van der Waals surface area contributed by atoms with Crippen LogP contribution in [0.25, 0.3) is 0 Å². The van der Waals surface area contributed by atoms with Crippen molar-refractivity contribution in [3.05, 3.63) is 53.1 Å². The van der Waals surface area contributed by atoms with Crippen molar-refractivity contribution in [2.24, 2.45) is 0 Å². The van der Waals surface area contributed by atoms with Crippen LogP contribution < -0.4 is 0 Å². The maximum Gasteiger partial charge on any atom is 0.158 e. The van der Waals surface area contributed by atoms with Crippen LogP contribution in [0.4, 0.5) is 0 Å². The quantitative estimate of drug-likeness (QED) is 0.834. The summed E-state index contributed by atoms with van der Waals surface area (Å²) in [5.41, 5.74) is 2.45. The minimum atomic E-state index is 0.191. The largest absolute Gasteiger partial charge is 0.504 e. The second-order valence-electron chi connectivity index (χ2n) is 3.82. The first-order valence-electron chi connectivity index (χ1n) is 5.24. The number of aromatic nitrogens is 2. The number of nitrogens with zero attached hydrogens (tertiary/aromatic N) is 2. The molecule has 1 heterocycles. The lowest BCUT2D eigenvalue weighted by Crippen LogP contribution is -2.00. The summed E-state index contributed by atoms with van der Waals surface area (Å²) in [5.74, 6) is 0.941. The monoisotopic (exact) mass is 214 g/mol. The Morgan fingerprint density at radius 3 is 2.12 bits per heavy atom. The molecule has 1 N–H and O–H groups in total. The molecule has 0 saturated carbocycles. The van der Waals surface area contributed by atoms with Gasteiger partial charge >= 0.3 is 0 Å². The van der Waals surface area contributed by atoms with Crippen molar-refractivity contribution >= 4 is 0 Å². The van der Waals surface area contributed by atoms with Crippen molar-refractivity contribution in [1.29, 1.82) is 0 Å². The average molecular weight is 214 g/mol. The van der Waals surface area contributed by atoms with Gasteiger partial charge in [0.05, 0.1) is 11.4 Å². The Hall–Kier alpha value is -1.90. The molecule has 0 fully saturated rings. The van der Waals surface area contributed by atoms with Crippen molar-refractivity contribution in [1.82, 2.24) is 9.97 Å². The molecule has 0 spiro atoms. The Kier molecular flexibility index (Phi) is 2.86. The summed E-state index contributed by atoms with van der Waals surface area (Å²) in [7, 11) is 0. The third-order valence-corrected chi connectivity index (χ3v) is 2.48. The molecule has 0 amide bonds. The summed E-state index contributed by atoms with van der Waals surface area (Å²) >= 11 is 0. The number of aryl methyl sites for hydroxylation is 2. The van der Waals surface area contributed by atoms with E-state index in [1.165, 1.54) is 5.56 Å². The van der Waals surface area contributed by atoms with Gasteiger partial charge in [0, 0.05) is 6.42 Å². The van der Waals surface area contributed by atoms with Gasteiger partial charge in [-0.05, 0) is 19.4 Å². The molecule has 0 radical (unpaired) electrons. The first kappa shape index (κ1) is 10.6. The van der Waals surface area contributed by atoms with Crippen molar-refractivity contribution in [2.45, 2.75) is 20.3 Å². The summed E-state index contributed by atoms with van der Waals surface area (Å²) in [6.45, 7) is 3.58. The van der Waals surface area contributed by atoms with E-state index >= 15 is 0 Å². The zero-order chi connectivity index (χ0) is 11.5. The summed E-state index contributed by atoms with van der Waals surface area (Å²) in [5, 5.41) is 9.57. The third-order valence-electron chi connectivity index (χ3n) is 2.48. The van der Waals surface area contributed by atoms with Gasteiger partial charge in [-0.15, -0.1) is 0 Å². The van der Waals surface area contributed by atoms with Gasteiger partial charge in [0.1, 0.15) is 5.82 Å². The molecule has 82 valence electrons. The van der Waals surface area contributed by atoms with Gasteiger partial charge in [-0.2, -0.15) is 0 Å². The SMILES string of the molecule is Cc1nc(Cc2ccccc2)nc(C)c1O. The molecule has 0 atom stereocenters. The molecular formula is C13H14N2O. The average Bonchev–Trinajstić information content (AvgIpc) is 2.27. The van der Waals surface area contributed by atoms with E-state index in [9.17, 15) is 5.11 Å². The van der Waals surface area contributed by atoms with E-state index in [1.807, 2.05) is 30.3 Å². The Morgan fingerprint density at radius 1 is 1.00 bits per heavy atom. The molecule has 0 aliphatic carbocycles. The van der Waals surface area contributed by atoms with Gasteiger partial charge in [0.2, 0.25) is 0 Å². The zero-order valence-corrected chi connectivity index (χ0v) is 9.44. The zero-order valence-electron chi connectivity index (χ0n) is 9.44. The number of hydrogen-bond donors (Lipinski definition) is 1. The molecule has 16 heavy (non-hydrogen) atoms. The second kappa shape index (κ2) is 4.31. The van der Waals surface area contributed by atoms with Crippen molar-refractivity contribution in [3.8, 4) is 5.75 Å². The van der Waals surface area contributed by atoms with E-state index in [0.717, 1.165) is 5.82 Å². The third kappa shape index (κ3) is 2.19. The standard InChI is InChI=1S/C13H14N2O/c1-9-13(16)10(2)15-12(14-9)8-11-6-4-3-5-7-11/h3-7,16H,8H2,1-2H3. The van der Waals surface area contributed by atoms with Crippen molar-refractivity contribution in [2.75, 3.05) is 0 Å². The lowest BCUT2D eigenvalue weighted by Gasteiger charge is -2.05. The van der Waals surface area contributed by atoms with Gasteiger partial charge in [-0.3, -0.25) is 0 Å². The fourth-order valence-corrected chi connectivity index (χ4v) is 1.64. The van der Waals surface area contributed by atoms with E-state index in [2.05, 4.69) is 9.97 Å². The van der Waals surface area contributed by atoms with Crippen molar-refractivity contribution < 1.29 is 5.11 Å². The Morgan fingerprint density at radius 2 is 1.56 bits per heavy atom. The Bertz CT molecular complexity index is 472. The van der Waals surface area contributed by atoms with Crippen LogP contribution >= 0.6 is 0 Å². The lowest BCUT2D eigenvalue weighted by molar-refractivity contribution is 0.457. The molecule has 0 saturated heterocycles. The number of benzene rings is 1. The highest BCUT2D eigenvalue weighted by Crippen LogP contribution is 2.18. The van der Waals surface area contributed by atoms with Gasteiger partial charge < -0.3 is 5.11 Å². The molecule has 1 aromatic heterocycles. The number of rotatable bonds is 2. The van der Waals surface area contributed by atoms with Crippen LogP contribution in [0.3, 0.4) is 0 Å². The van der Waals surface area contributed by atoms with Gasteiger partial charge in [-0.1, -0.05) is 30.3 Å². The lowest BCUT2D eigenvalue weighted by atomic mass is 10.1. The van der Waals surface area contributed by atoms with Gasteiger partial charge in [0.25, 0.3) is 0 Å². The first-order chi connectivity index (χ1) is 7.66. The minimum absolute atomic E-state index is 0.191. The molecule has 3 nitrogen and oxygen atoms in total. The highest BCUT2D eigenvalue weighted by molar-refractivity contribution is 5.30. The van der Waals surface area contributed by atoms with Crippen LogP contribution in [-0.4, -0.2) is 15.1 Å². The molecule has 0 aliphatic heterocycles. The number of hydrogen-bond acceptors (Lipinski definition) is 3. The molecule has 2 aromatic rings. The molecule has 1 aromatic carbocycles. The van der Waals surface area contributed by atoms with Crippen LogP contribution in [0.2, 0.25) is 0 Å². The summed E-state index contributed by atoms with van der Waals surface area (Å²) in [6.07, 6.45) is 0.697. The van der Waals surface area contributed by atoms with Crippen LogP contribution in [0.1, 0.15) is 22.8 Å². The maximum atomic E-state index is 9.57. The van der Waals surface area contributed by atoms with E-state index in [0.29, 0.717) is 17.8 Å². The molecule has 0 bridgehead atoms. The maximum absolute atomic E-state index is 9.57. The Labute approximate surface area is 94.8 Å². The highest BCUT2D eigenvalue weighted by Gasteiger charge is 2.06. The first-order valence-corrected chi connectivity index (χ1v) is 5.24. The van der Waals surface area contributed by atoms with Crippen LogP contribution in [0.15, 0.2) is 30.3 Å². The highest BCUT2D eigenvalue weighted by atomic mass is 16.3. The van der Waals surface area contributed by atoms with Crippen molar-refractivity contribution in [3.63, 3.8) is 0 Å². The van der Waals surface area contributed by atoms with Crippen LogP contribution in [-0.2, 0) is 6.42 Å². The topological polar surface area (TPSA) is 46.0 Å². The Balaban J connectivity index is 2.29. The van der Waals surface area contributed by atoms with E-state index in [4.69, 9.17) is 0 Å². The molecule has 0 aliphatic rings. The van der Waals surface area contributed by atoms with Gasteiger partial charge in [0.15, 0.2) is 5.75 Å². The predicted molar refractivity (Wildman–Crippen MR) is 62.4 cm³/mol. The van der Waals surface area contributed by atoms with E-state index in [1.54, 1.807) is 13.8 Å². The van der Waals surface area contributed by atoms with Crippen LogP contribution in [0.5, 0.6) is 5.75 Å². The number of aromatic hydroxyl groups is 1. The van der Waals surface area contributed by atoms with E-state index < -0.39 is 0 Å². The fourth-order valence-electron chi connectivity index (χ4n) is 1.64.